The maximum absolute atomic E-state index is 14.0. The molecule has 190 valence electrons. The summed E-state index contributed by atoms with van der Waals surface area (Å²) < 4.78 is 34.4. The molecule has 7 heteroatoms. The Morgan fingerprint density at radius 2 is 1.54 bits per heavy atom. The second-order valence-corrected chi connectivity index (χ2v) is 10.5. The summed E-state index contributed by atoms with van der Waals surface area (Å²) in [5, 5.41) is 3.03. The fourth-order valence-electron chi connectivity index (χ4n) is 4.19. The number of benzene rings is 4. The van der Waals surface area contributed by atoms with E-state index in [0.29, 0.717) is 11.4 Å². The van der Waals surface area contributed by atoms with Gasteiger partial charge in [0, 0.05) is 5.69 Å². The number of aryl methyl sites for hydroxylation is 2. The monoisotopic (exact) mass is 514 g/mol. The quantitative estimate of drug-likeness (QED) is 0.288. The second kappa shape index (κ2) is 11.3. The molecule has 1 N–H and O–H groups in total. The van der Waals surface area contributed by atoms with Crippen LogP contribution in [0.5, 0.6) is 5.75 Å². The Bertz CT molecular complexity index is 1480. The average molecular weight is 515 g/mol. The number of sulfonamides is 1. The molecule has 0 spiro atoms. The molecule has 0 unspecified atom stereocenters. The number of para-hydroxylation sites is 2. The summed E-state index contributed by atoms with van der Waals surface area (Å²) in [6.45, 7) is 4.03. The van der Waals surface area contributed by atoms with Gasteiger partial charge in [-0.25, -0.2) is 8.42 Å². The topological polar surface area (TPSA) is 75.7 Å². The lowest BCUT2D eigenvalue weighted by Gasteiger charge is -2.27. The van der Waals surface area contributed by atoms with Crippen molar-refractivity contribution in [2.45, 2.75) is 31.7 Å². The van der Waals surface area contributed by atoms with Crippen LogP contribution in [-0.2, 0) is 23.0 Å². The van der Waals surface area contributed by atoms with Crippen molar-refractivity contribution < 1.29 is 17.9 Å². The molecule has 0 aliphatic carbocycles. The van der Waals surface area contributed by atoms with Crippen LogP contribution in [0.3, 0.4) is 0 Å². The van der Waals surface area contributed by atoms with Crippen LogP contribution in [0.25, 0.3) is 0 Å². The van der Waals surface area contributed by atoms with Crippen molar-refractivity contribution in [2.75, 3.05) is 16.7 Å². The fraction of sp³-hybridized carbons (Fsp3) is 0.167. The maximum atomic E-state index is 14.0. The standard InChI is InChI=1S/C30H30N2O4S/c1-4-24-14-10-11-22(2)29(24)31-30(33)27-15-8-9-16-28(27)32(21-23-12-6-5-7-13-23)37(34,35)26-19-17-25(36-3)18-20-26/h5-20H,4,21H2,1-3H3,(H,31,33). The first-order chi connectivity index (χ1) is 17.8. The van der Waals surface area contributed by atoms with Crippen LogP contribution in [0.4, 0.5) is 11.4 Å². The van der Waals surface area contributed by atoms with Crippen molar-refractivity contribution in [1.82, 2.24) is 0 Å². The molecule has 0 aliphatic rings. The number of ether oxygens (including phenoxy) is 1. The Kier molecular flexibility index (Phi) is 7.94. The van der Waals surface area contributed by atoms with Crippen molar-refractivity contribution in [3.05, 3.63) is 119 Å². The van der Waals surface area contributed by atoms with E-state index in [9.17, 15) is 13.2 Å². The zero-order valence-electron chi connectivity index (χ0n) is 21.1. The van der Waals surface area contributed by atoms with Gasteiger partial charge in [-0.3, -0.25) is 9.10 Å². The Hall–Kier alpha value is -4.10. The molecule has 0 saturated heterocycles. The van der Waals surface area contributed by atoms with Crippen LogP contribution < -0.4 is 14.4 Å². The van der Waals surface area contributed by atoms with E-state index in [0.717, 1.165) is 28.8 Å². The highest BCUT2D eigenvalue weighted by Gasteiger charge is 2.29. The van der Waals surface area contributed by atoms with Crippen molar-refractivity contribution in [3.8, 4) is 5.75 Å². The Labute approximate surface area is 218 Å². The smallest absolute Gasteiger partial charge is 0.264 e. The van der Waals surface area contributed by atoms with Crippen LogP contribution in [-0.4, -0.2) is 21.4 Å². The number of carbonyl (C=O) groups excluding carboxylic acids is 1. The molecule has 4 aromatic carbocycles. The number of nitrogens with zero attached hydrogens (tertiary/aromatic N) is 1. The first-order valence-electron chi connectivity index (χ1n) is 12.0. The first-order valence-corrected chi connectivity index (χ1v) is 13.5. The van der Waals surface area contributed by atoms with E-state index in [2.05, 4.69) is 5.32 Å². The number of anilines is 2. The third-order valence-corrected chi connectivity index (χ3v) is 7.99. The average Bonchev–Trinajstić information content (AvgIpc) is 2.93. The van der Waals surface area contributed by atoms with Crippen LogP contribution in [0.1, 0.15) is 34.0 Å². The highest BCUT2D eigenvalue weighted by molar-refractivity contribution is 7.92. The largest absolute Gasteiger partial charge is 0.497 e. The minimum atomic E-state index is -4.03. The van der Waals surface area contributed by atoms with Gasteiger partial charge in [-0.05, 0) is 66.4 Å². The predicted molar refractivity (Wildman–Crippen MR) is 148 cm³/mol. The molecule has 6 nitrogen and oxygen atoms in total. The van der Waals surface area contributed by atoms with E-state index in [1.165, 1.54) is 23.5 Å². The van der Waals surface area contributed by atoms with Gasteiger partial charge < -0.3 is 10.1 Å². The molecule has 1 amide bonds. The third-order valence-electron chi connectivity index (χ3n) is 6.21. The molecule has 0 fully saturated rings. The van der Waals surface area contributed by atoms with Gasteiger partial charge in [-0.2, -0.15) is 0 Å². The van der Waals surface area contributed by atoms with Gasteiger partial charge in [-0.1, -0.05) is 67.6 Å². The maximum Gasteiger partial charge on any atom is 0.264 e. The molecule has 4 aromatic rings. The number of hydrogen-bond donors (Lipinski definition) is 1. The summed E-state index contributed by atoms with van der Waals surface area (Å²) in [5.41, 5.74) is 4.06. The second-order valence-electron chi connectivity index (χ2n) is 8.61. The lowest BCUT2D eigenvalue weighted by molar-refractivity contribution is 0.102. The summed E-state index contributed by atoms with van der Waals surface area (Å²) in [7, 11) is -2.50. The van der Waals surface area contributed by atoms with Crippen LogP contribution in [0.15, 0.2) is 102 Å². The van der Waals surface area contributed by atoms with E-state index in [-0.39, 0.29) is 22.9 Å². The van der Waals surface area contributed by atoms with E-state index < -0.39 is 10.0 Å². The van der Waals surface area contributed by atoms with E-state index in [1.807, 2.05) is 62.4 Å². The van der Waals surface area contributed by atoms with Crippen molar-refractivity contribution in [2.24, 2.45) is 0 Å². The van der Waals surface area contributed by atoms with Gasteiger partial charge in [0.05, 0.1) is 29.8 Å². The SMILES string of the molecule is CCc1cccc(C)c1NC(=O)c1ccccc1N(Cc1ccccc1)S(=O)(=O)c1ccc(OC)cc1. The minimum absolute atomic E-state index is 0.0596. The van der Waals surface area contributed by atoms with E-state index in [1.54, 1.807) is 36.4 Å². The van der Waals surface area contributed by atoms with E-state index >= 15 is 0 Å². The zero-order valence-corrected chi connectivity index (χ0v) is 22.0. The number of methoxy groups -OCH3 is 1. The number of hydrogen-bond acceptors (Lipinski definition) is 4. The van der Waals surface area contributed by atoms with Gasteiger partial charge in [-0.15, -0.1) is 0 Å². The van der Waals surface area contributed by atoms with Crippen LogP contribution in [0, 0.1) is 6.92 Å². The molecule has 0 saturated carbocycles. The van der Waals surface area contributed by atoms with Gasteiger partial charge in [0.15, 0.2) is 0 Å². The molecule has 0 heterocycles. The summed E-state index contributed by atoms with van der Waals surface area (Å²) in [6, 6.07) is 28.2. The summed E-state index contributed by atoms with van der Waals surface area (Å²) in [5.74, 6) is 0.181. The van der Waals surface area contributed by atoms with Gasteiger partial charge in [0.25, 0.3) is 15.9 Å². The number of nitrogens with one attached hydrogen (secondary N) is 1. The molecule has 4 rings (SSSR count). The van der Waals surface area contributed by atoms with Crippen molar-refractivity contribution in [1.29, 1.82) is 0 Å². The lowest BCUT2D eigenvalue weighted by Crippen LogP contribution is -2.32. The number of carbonyl (C=O) groups is 1. The molecule has 37 heavy (non-hydrogen) atoms. The molecule has 0 atom stereocenters. The minimum Gasteiger partial charge on any atom is -0.497 e. The number of rotatable bonds is 9. The Morgan fingerprint density at radius 3 is 2.22 bits per heavy atom. The predicted octanol–water partition coefficient (Wildman–Crippen LogP) is 6.21. The molecule has 0 bridgehead atoms. The number of amides is 1. The molecule has 0 aromatic heterocycles. The first kappa shape index (κ1) is 26.0. The van der Waals surface area contributed by atoms with Gasteiger partial charge >= 0.3 is 0 Å². The summed E-state index contributed by atoms with van der Waals surface area (Å²) >= 11 is 0. The zero-order chi connectivity index (χ0) is 26.4. The third kappa shape index (κ3) is 5.67. The molecular formula is C30H30N2O4S. The van der Waals surface area contributed by atoms with E-state index in [4.69, 9.17) is 4.74 Å². The molecule has 0 aliphatic heterocycles. The normalized spacial score (nSPS) is 11.1. The molecule has 0 radical (unpaired) electrons. The highest BCUT2D eigenvalue weighted by Crippen LogP contribution is 2.31. The van der Waals surface area contributed by atoms with Crippen molar-refractivity contribution in [3.63, 3.8) is 0 Å². The van der Waals surface area contributed by atoms with Gasteiger partial charge in [0.1, 0.15) is 5.75 Å². The highest BCUT2D eigenvalue weighted by atomic mass is 32.2. The van der Waals surface area contributed by atoms with Crippen LogP contribution in [0.2, 0.25) is 0 Å². The van der Waals surface area contributed by atoms with Crippen LogP contribution >= 0.6 is 0 Å². The Morgan fingerprint density at radius 1 is 0.865 bits per heavy atom. The molecular weight excluding hydrogens is 484 g/mol. The summed E-state index contributed by atoms with van der Waals surface area (Å²) in [6.07, 6.45) is 0.755. The van der Waals surface area contributed by atoms with Gasteiger partial charge in [0.2, 0.25) is 0 Å². The fourth-order valence-corrected chi connectivity index (χ4v) is 5.66. The Balaban J connectivity index is 1.80. The summed E-state index contributed by atoms with van der Waals surface area (Å²) in [4.78, 5) is 13.7. The lowest BCUT2D eigenvalue weighted by atomic mass is 10.0. The van der Waals surface area contributed by atoms with Crippen molar-refractivity contribution >= 4 is 27.3 Å².